The molecule has 1 unspecified atom stereocenters. The summed E-state index contributed by atoms with van der Waals surface area (Å²) in [4.78, 5) is 13.8. The lowest BCUT2D eigenvalue weighted by Gasteiger charge is -2.31. The molecule has 1 aliphatic rings. The molecule has 1 atom stereocenters. The molecule has 1 heterocycles. The van der Waals surface area contributed by atoms with E-state index in [0.717, 1.165) is 6.54 Å². The number of piperazine rings is 1. The molecule has 0 bridgehead atoms. The molecule has 1 aliphatic heterocycles. The van der Waals surface area contributed by atoms with E-state index in [0.29, 0.717) is 24.7 Å². The molecule has 3 nitrogen and oxygen atoms in total. The third-order valence-electron chi connectivity index (χ3n) is 2.75. The van der Waals surface area contributed by atoms with Crippen molar-refractivity contribution in [1.29, 1.82) is 0 Å². The zero-order chi connectivity index (χ0) is 11.5. The van der Waals surface area contributed by atoms with Crippen molar-refractivity contribution in [3.05, 3.63) is 35.6 Å². The van der Waals surface area contributed by atoms with E-state index in [1.165, 1.54) is 24.3 Å². The Balaban J connectivity index is 0.00000144. The fourth-order valence-corrected chi connectivity index (χ4v) is 1.89. The summed E-state index contributed by atoms with van der Waals surface area (Å²) in [5.74, 6) is -0.335. The molecular weight excluding hydrogens is 243 g/mol. The normalized spacial score (nSPS) is 19.6. The van der Waals surface area contributed by atoms with Crippen LogP contribution in [0.4, 0.5) is 4.39 Å². The molecule has 0 aliphatic carbocycles. The van der Waals surface area contributed by atoms with Gasteiger partial charge in [0.1, 0.15) is 5.82 Å². The van der Waals surface area contributed by atoms with Gasteiger partial charge in [-0.2, -0.15) is 0 Å². The van der Waals surface area contributed by atoms with E-state index in [9.17, 15) is 9.18 Å². The van der Waals surface area contributed by atoms with Crippen LogP contribution in [0.3, 0.4) is 0 Å². The first-order chi connectivity index (χ1) is 7.66. The van der Waals surface area contributed by atoms with Crippen molar-refractivity contribution in [3.63, 3.8) is 0 Å². The Morgan fingerprint density at radius 2 is 2.06 bits per heavy atom. The number of hydrogen-bond acceptors (Lipinski definition) is 2. The smallest absolute Gasteiger partial charge is 0.253 e. The molecular formula is C12H16ClFN2O. The monoisotopic (exact) mass is 258 g/mol. The van der Waals surface area contributed by atoms with Gasteiger partial charge in [0.2, 0.25) is 0 Å². The number of carbonyl (C=O) groups is 1. The van der Waals surface area contributed by atoms with Crippen molar-refractivity contribution in [2.45, 2.75) is 13.0 Å². The second-order valence-electron chi connectivity index (χ2n) is 4.11. The summed E-state index contributed by atoms with van der Waals surface area (Å²) in [6, 6.07) is 6.02. The Hall–Kier alpha value is -1.13. The fourth-order valence-electron chi connectivity index (χ4n) is 1.89. The molecule has 0 spiro atoms. The Kier molecular flexibility index (Phi) is 4.90. The Morgan fingerprint density at radius 3 is 2.65 bits per heavy atom. The molecule has 0 aromatic heterocycles. The zero-order valence-corrected chi connectivity index (χ0v) is 10.5. The largest absolute Gasteiger partial charge is 0.336 e. The van der Waals surface area contributed by atoms with E-state index in [4.69, 9.17) is 0 Å². The van der Waals surface area contributed by atoms with Crippen molar-refractivity contribution in [3.8, 4) is 0 Å². The number of nitrogens with one attached hydrogen (secondary N) is 1. The van der Waals surface area contributed by atoms with Crippen LogP contribution in [0.15, 0.2) is 24.3 Å². The lowest BCUT2D eigenvalue weighted by atomic mass is 10.1. The fraction of sp³-hybridized carbons (Fsp3) is 0.417. The van der Waals surface area contributed by atoms with E-state index >= 15 is 0 Å². The molecule has 1 saturated heterocycles. The van der Waals surface area contributed by atoms with Crippen LogP contribution >= 0.6 is 12.4 Å². The van der Waals surface area contributed by atoms with Gasteiger partial charge in [-0.3, -0.25) is 4.79 Å². The van der Waals surface area contributed by atoms with Gasteiger partial charge in [0, 0.05) is 31.2 Å². The highest BCUT2D eigenvalue weighted by molar-refractivity contribution is 5.94. The average molecular weight is 259 g/mol. The summed E-state index contributed by atoms with van der Waals surface area (Å²) in [5, 5.41) is 3.27. The van der Waals surface area contributed by atoms with Crippen LogP contribution < -0.4 is 5.32 Å². The van der Waals surface area contributed by atoms with Crippen LogP contribution in [0, 0.1) is 5.82 Å². The van der Waals surface area contributed by atoms with E-state index < -0.39 is 0 Å². The summed E-state index contributed by atoms with van der Waals surface area (Å²) in [6.45, 7) is 4.27. The van der Waals surface area contributed by atoms with Crippen LogP contribution in [0.25, 0.3) is 0 Å². The summed E-state index contributed by atoms with van der Waals surface area (Å²) in [6.07, 6.45) is 0. The lowest BCUT2D eigenvalue weighted by molar-refractivity contribution is 0.0709. The number of rotatable bonds is 1. The van der Waals surface area contributed by atoms with Crippen molar-refractivity contribution >= 4 is 18.3 Å². The highest BCUT2D eigenvalue weighted by Gasteiger charge is 2.21. The second-order valence-corrected chi connectivity index (χ2v) is 4.11. The summed E-state index contributed by atoms with van der Waals surface area (Å²) < 4.78 is 12.7. The van der Waals surface area contributed by atoms with Gasteiger partial charge < -0.3 is 10.2 Å². The third kappa shape index (κ3) is 3.41. The molecule has 1 fully saturated rings. The van der Waals surface area contributed by atoms with Crippen molar-refractivity contribution < 1.29 is 9.18 Å². The van der Waals surface area contributed by atoms with E-state index in [2.05, 4.69) is 5.32 Å². The minimum Gasteiger partial charge on any atom is -0.336 e. The summed E-state index contributed by atoms with van der Waals surface area (Å²) >= 11 is 0. The molecule has 2 rings (SSSR count). The quantitative estimate of drug-likeness (QED) is 0.831. The van der Waals surface area contributed by atoms with Crippen LogP contribution in [-0.4, -0.2) is 36.5 Å². The first kappa shape index (κ1) is 13.9. The van der Waals surface area contributed by atoms with Gasteiger partial charge in [-0.05, 0) is 31.2 Å². The minimum absolute atomic E-state index is 0. The molecule has 94 valence electrons. The maximum Gasteiger partial charge on any atom is 0.253 e. The van der Waals surface area contributed by atoms with Crippen LogP contribution in [0.5, 0.6) is 0 Å². The molecule has 1 amide bonds. The molecule has 1 N–H and O–H groups in total. The number of hydrogen-bond donors (Lipinski definition) is 1. The molecule has 0 saturated carbocycles. The number of amides is 1. The van der Waals surface area contributed by atoms with Gasteiger partial charge in [0.15, 0.2) is 0 Å². The SMILES string of the molecule is CC1CN(C(=O)c2ccc(F)cc2)CCN1.Cl. The molecule has 5 heteroatoms. The van der Waals surface area contributed by atoms with Crippen molar-refractivity contribution in [2.75, 3.05) is 19.6 Å². The summed E-state index contributed by atoms with van der Waals surface area (Å²) in [7, 11) is 0. The maximum absolute atomic E-state index is 12.7. The average Bonchev–Trinajstić information content (AvgIpc) is 2.29. The predicted molar refractivity (Wildman–Crippen MR) is 67.0 cm³/mol. The zero-order valence-electron chi connectivity index (χ0n) is 9.65. The third-order valence-corrected chi connectivity index (χ3v) is 2.75. The molecule has 0 radical (unpaired) electrons. The first-order valence-corrected chi connectivity index (χ1v) is 5.45. The number of carbonyl (C=O) groups excluding carboxylic acids is 1. The van der Waals surface area contributed by atoms with Crippen LogP contribution in [-0.2, 0) is 0 Å². The summed E-state index contributed by atoms with van der Waals surface area (Å²) in [5.41, 5.74) is 0.551. The lowest BCUT2D eigenvalue weighted by Crippen LogP contribution is -2.51. The van der Waals surface area contributed by atoms with Crippen LogP contribution in [0.1, 0.15) is 17.3 Å². The molecule has 17 heavy (non-hydrogen) atoms. The maximum atomic E-state index is 12.7. The van der Waals surface area contributed by atoms with Gasteiger partial charge in [-0.25, -0.2) is 4.39 Å². The Bertz CT molecular complexity index is 383. The number of nitrogens with zero attached hydrogens (tertiary/aromatic N) is 1. The molecule has 1 aromatic carbocycles. The van der Waals surface area contributed by atoms with Gasteiger partial charge in [0.05, 0.1) is 0 Å². The standard InChI is InChI=1S/C12H15FN2O.ClH/c1-9-8-15(7-6-14-9)12(16)10-2-4-11(13)5-3-10;/h2-5,9,14H,6-8H2,1H3;1H. The van der Waals surface area contributed by atoms with E-state index in [1.54, 1.807) is 4.90 Å². The number of benzene rings is 1. The van der Waals surface area contributed by atoms with Crippen molar-refractivity contribution in [1.82, 2.24) is 10.2 Å². The van der Waals surface area contributed by atoms with Gasteiger partial charge in [0.25, 0.3) is 5.91 Å². The van der Waals surface area contributed by atoms with Gasteiger partial charge in [-0.15, -0.1) is 12.4 Å². The number of halogens is 2. The van der Waals surface area contributed by atoms with E-state index in [1.807, 2.05) is 6.92 Å². The minimum atomic E-state index is -0.315. The topological polar surface area (TPSA) is 32.3 Å². The van der Waals surface area contributed by atoms with E-state index in [-0.39, 0.29) is 24.1 Å². The predicted octanol–water partition coefficient (Wildman–Crippen LogP) is 1.68. The Labute approximate surface area is 106 Å². The Morgan fingerprint density at radius 1 is 1.41 bits per heavy atom. The van der Waals surface area contributed by atoms with Crippen LogP contribution in [0.2, 0.25) is 0 Å². The van der Waals surface area contributed by atoms with Crippen molar-refractivity contribution in [2.24, 2.45) is 0 Å². The highest BCUT2D eigenvalue weighted by Crippen LogP contribution is 2.09. The molecule has 1 aromatic rings. The first-order valence-electron chi connectivity index (χ1n) is 5.45. The van der Waals surface area contributed by atoms with Gasteiger partial charge >= 0.3 is 0 Å². The van der Waals surface area contributed by atoms with Gasteiger partial charge in [-0.1, -0.05) is 0 Å². The second kappa shape index (κ2) is 5.98. The highest BCUT2D eigenvalue weighted by atomic mass is 35.5.